The monoisotopic (exact) mass is 382 g/mol. The van der Waals surface area contributed by atoms with E-state index in [0.29, 0.717) is 19.1 Å². The summed E-state index contributed by atoms with van der Waals surface area (Å²) < 4.78 is 11.2. The zero-order valence-electron chi connectivity index (χ0n) is 17.4. The first kappa shape index (κ1) is 20.3. The summed E-state index contributed by atoms with van der Waals surface area (Å²) in [6.45, 7) is 9.36. The van der Waals surface area contributed by atoms with Gasteiger partial charge in [-0.15, -0.1) is 0 Å². The predicted molar refractivity (Wildman–Crippen MR) is 112 cm³/mol. The van der Waals surface area contributed by atoms with Crippen LogP contribution >= 0.6 is 0 Å². The van der Waals surface area contributed by atoms with E-state index in [-0.39, 0.29) is 5.54 Å². The van der Waals surface area contributed by atoms with Crippen molar-refractivity contribution in [3.05, 3.63) is 41.9 Å². The Morgan fingerprint density at radius 3 is 2.71 bits per heavy atom. The lowest BCUT2D eigenvalue weighted by Gasteiger charge is -2.27. The van der Waals surface area contributed by atoms with Crippen molar-refractivity contribution in [2.24, 2.45) is 11.7 Å². The third kappa shape index (κ3) is 4.69. The summed E-state index contributed by atoms with van der Waals surface area (Å²) >= 11 is 0. The largest absolute Gasteiger partial charge is 0.491 e. The van der Waals surface area contributed by atoms with Crippen molar-refractivity contribution >= 4 is 11.2 Å². The number of nitrogens with two attached hydrogens (primary N) is 1. The number of hydrogen-bond donors (Lipinski definition) is 2. The van der Waals surface area contributed by atoms with Crippen molar-refractivity contribution in [3.8, 4) is 16.9 Å². The summed E-state index contributed by atoms with van der Waals surface area (Å²) in [5, 5.41) is 0. The molecule has 0 saturated carbocycles. The molecule has 28 heavy (non-hydrogen) atoms. The normalized spacial score (nSPS) is 13.8. The van der Waals surface area contributed by atoms with Crippen molar-refractivity contribution < 1.29 is 9.47 Å². The van der Waals surface area contributed by atoms with E-state index in [4.69, 9.17) is 15.2 Å². The molecule has 0 aliphatic heterocycles. The van der Waals surface area contributed by atoms with Crippen LogP contribution in [0.25, 0.3) is 22.3 Å². The Hall–Kier alpha value is -2.44. The van der Waals surface area contributed by atoms with Crippen LogP contribution in [0.2, 0.25) is 0 Å². The molecule has 1 aromatic carbocycles. The number of nitrogens with zero attached hydrogens (tertiary/aromatic N) is 2. The number of rotatable bonds is 8. The number of pyridine rings is 1. The highest BCUT2D eigenvalue weighted by molar-refractivity contribution is 5.89. The highest BCUT2D eigenvalue weighted by Crippen LogP contribution is 2.30. The van der Waals surface area contributed by atoms with Gasteiger partial charge in [0.2, 0.25) is 0 Å². The smallest absolute Gasteiger partial charge is 0.158 e. The number of nitrogens with one attached hydrogen (secondary N) is 1. The van der Waals surface area contributed by atoms with Crippen LogP contribution in [0, 0.1) is 12.8 Å². The van der Waals surface area contributed by atoms with Gasteiger partial charge in [0, 0.05) is 24.4 Å². The van der Waals surface area contributed by atoms with Crippen LogP contribution < -0.4 is 10.5 Å². The highest BCUT2D eigenvalue weighted by Gasteiger charge is 2.21. The van der Waals surface area contributed by atoms with E-state index in [1.165, 1.54) is 0 Å². The van der Waals surface area contributed by atoms with E-state index in [1.54, 1.807) is 13.3 Å². The highest BCUT2D eigenvalue weighted by atomic mass is 16.5. The van der Waals surface area contributed by atoms with Crippen molar-refractivity contribution in [2.75, 3.05) is 13.7 Å². The number of aromatic amines is 1. The minimum Gasteiger partial charge on any atom is -0.491 e. The predicted octanol–water partition coefficient (Wildman–Crippen LogP) is 4.22. The zero-order valence-corrected chi connectivity index (χ0v) is 17.4. The van der Waals surface area contributed by atoms with Gasteiger partial charge in [0.05, 0.1) is 0 Å². The van der Waals surface area contributed by atoms with Crippen molar-refractivity contribution in [2.45, 2.75) is 46.3 Å². The van der Waals surface area contributed by atoms with Gasteiger partial charge >= 0.3 is 0 Å². The van der Waals surface area contributed by atoms with E-state index in [2.05, 4.69) is 47.9 Å². The van der Waals surface area contributed by atoms with Gasteiger partial charge in [-0.3, -0.25) is 0 Å². The lowest BCUT2D eigenvalue weighted by atomic mass is 9.93. The van der Waals surface area contributed by atoms with Crippen LogP contribution in [0.3, 0.4) is 0 Å². The third-order valence-corrected chi connectivity index (χ3v) is 4.63. The average molecular weight is 383 g/mol. The first-order valence-electron chi connectivity index (χ1n) is 9.64. The molecule has 2 aromatic heterocycles. The number of imidazole rings is 1. The van der Waals surface area contributed by atoms with Crippen LogP contribution in [-0.4, -0.2) is 34.2 Å². The second kappa shape index (κ2) is 8.29. The first-order valence-corrected chi connectivity index (χ1v) is 9.64. The van der Waals surface area contributed by atoms with Gasteiger partial charge in [-0.05, 0) is 55.5 Å². The lowest BCUT2D eigenvalue weighted by molar-refractivity contribution is 0.179. The van der Waals surface area contributed by atoms with Gasteiger partial charge < -0.3 is 20.2 Å². The molecule has 3 rings (SSSR count). The second-order valence-electron chi connectivity index (χ2n) is 8.19. The number of H-pyrrole nitrogens is 1. The van der Waals surface area contributed by atoms with Crippen LogP contribution in [0.1, 0.15) is 38.6 Å². The summed E-state index contributed by atoms with van der Waals surface area (Å²) in [5.74, 6) is 2.16. The summed E-state index contributed by atoms with van der Waals surface area (Å²) in [6.07, 6.45) is 2.71. The maximum atomic E-state index is 6.37. The van der Waals surface area contributed by atoms with Gasteiger partial charge in [0.15, 0.2) is 5.65 Å². The van der Waals surface area contributed by atoms with Crippen molar-refractivity contribution in [1.82, 2.24) is 15.0 Å². The molecule has 0 amide bonds. The number of hydrogen-bond acceptors (Lipinski definition) is 5. The molecule has 0 fully saturated rings. The fraction of sp³-hybridized carbons (Fsp3) is 0.455. The fourth-order valence-corrected chi connectivity index (χ4v) is 3.61. The number of aryl methyl sites for hydroxylation is 1. The van der Waals surface area contributed by atoms with E-state index < -0.39 is 0 Å². The molecule has 6 heteroatoms. The standard InChI is InChI=1S/C22H30N4O2/c1-14(2)11-22(4,23)13-28-18-7-6-16(10-15(18)3)17-8-9-24-21-20(17)25-19(26-21)12-27-5/h6-10,14H,11-13,23H2,1-5H3,(H,24,25,26)/t22-/m0/s1. The Balaban J connectivity index is 1.84. The SMILES string of the molecule is COCc1nc2c(-c3ccc(OC[C@@](C)(N)CC(C)C)c(C)c3)ccnc2[nH]1. The molecule has 0 radical (unpaired) electrons. The van der Waals surface area contributed by atoms with E-state index in [0.717, 1.165) is 45.8 Å². The topological polar surface area (TPSA) is 86.1 Å². The van der Waals surface area contributed by atoms with Crippen molar-refractivity contribution in [1.29, 1.82) is 0 Å². The first-order chi connectivity index (χ1) is 13.3. The number of methoxy groups -OCH3 is 1. The average Bonchev–Trinajstić information content (AvgIpc) is 3.02. The molecule has 2 heterocycles. The minimum atomic E-state index is -0.344. The summed E-state index contributed by atoms with van der Waals surface area (Å²) in [4.78, 5) is 12.2. The van der Waals surface area contributed by atoms with E-state index in [9.17, 15) is 0 Å². The Labute approximate surface area is 166 Å². The van der Waals surface area contributed by atoms with Crippen molar-refractivity contribution in [3.63, 3.8) is 0 Å². The van der Waals surface area contributed by atoms with Gasteiger partial charge in [-0.2, -0.15) is 0 Å². The maximum absolute atomic E-state index is 6.37. The molecule has 1 atom stereocenters. The summed E-state index contributed by atoms with van der Waals surface area (Å²) in [6, 6.07) is 8.16. The van der Waals surface area contributed by atoms with E-state index in [1.807, 2.05) is 19.1 Å². The molecule has 150 valence electrons. The maximum Gasteiger partial charge on any atom is 0.158 e. The van der Waals surface area contributed by atoms with Crippen LogP contribution in [0.5, 0.6) is 5.75 Å². The van der Waals surface area contributed by atoms with Gasteiger partial charge in [-0.25, -0.2) is 9.97 Å². The molecule has 3 aromatic rings. The number of aromatic nitrogens is 3. The molecule has 0 spiro atoms. The Morgan fingerprint density at radius 1 is 1.25 bits per heavy atom. The lowest BCUT2D eigenvalue weighted by Crippen LogP contribution is -2.43. The molecular weight excluding hydrogens is 352 g/mol. The molecule has 3 N–H and O–H groups in total. The van der Waals surface area contributed by atoms with Crippen LogP contribution in [0.4, 0.5) is 0 Å². The van der Waals surface area contributed by atoms with Crippen LogP contribution in [-0.2, 0) is 11.3 Å². The molecule has 0 saturated heterocycles. The summed E-state index contributed by atoms with van der Waals surface area (Å²) in [5.41, 5.74) is 10.8. The van der Waals surface area contributed by atoms with E-state index >= 15 is 0 Å². The Morgan fingerprint density at radius 2 is 2.04 bits per heavy atom. The molecule has 0 aliphatic rings. The molecule has 0 unspecified atom stereocenters. The number of fused-ring (bicyclic) bond motifs is 1. The molecule has 0 bridgehead atoms. The number of ether oxygens (including phenoxy) is 2. The van der Waals surface area contributed by atoms with Gasteiger partial charge in [-0.1, -0.05) is 19.9 Å². The van der Waals surface area contributed by atoms with Crippen LogP contribution in [0.15, 0.2) is 30.5 Å². The number of benzene rings is 1. The zero-order chi connectivity index (χ0) is 20.3. The molecule has 6 nitrogen and oxygen atoms in total. The van der Waals surface area contributed by atoms with Gasteiger partial charge in [0.1, 0.15) is 30.3 Å². The molecular formula is C22H30N4O2. The fourth-order valence-electron chi connectivity index (χ4n) is 3.61. The Bertz CT molecular complexity index is 947. The Kier molecular flexibility index (Phi) is 6.01. The third-order valence-electron chi connectivity index (χ3n) is 4.63. The van der Waals surface area contributed by atoms with Gasteiger partial charge in [0.25, 0.3) is 0 Å². The summed E-state index contributed by atoms with van der Waals surface area (Å²) in [7, 11) is 1.65. The quantitative estimate of drug-likeness (QED) is 0.609. The minimum absolute atomic E-state index is 0.344. The second-order valence-corrected chi connectivity index (χ2v) is 8.19. The molecule has 0 aliphatic carbocycles.